The van der Waals surface area contributed by atoms with Crippen molar-refractivity contribution in [3.05, 3.63) is 47.8 Å². The van der Waals surface area contributed by atoms with E-state index >= 15 is 0 Å². The number of rotatable bonds is 5. The molecule has 1 aliphatic rings. The van der Waals surface area contributed by atoms with Gasteiger partial charge in [-0.25, -0.2) is 8.42 Å². The SMILES string of the molecule is COCc1ccccc1S(=O)(=O)N1CCC(c2cnn(C)c2)CC1. The van der Waals surface area contributed by atoms with Gasteiger partial charge >= 0.3 is 0 Å². The minimum atomic E-state index is -3.48. The standard InChI is InChI=1S/C17H23N3O3S/c1-19-12-16(11-18-19)14-7-9-20(10-8-14)24(21,22)17-6-4-3-5-15(17)13-23-2/h3-6,11-12,14H,7-10,13H2,1-2H3. The molecule has 2 aromatic rings. The molecule has 2 heterocycles. The third kappa shape index (κ3) is 3.38. The molecule has 1 fully saturated rings. The van der Waals surface area contributed by atoms with Crippen LogP contribution in [0.5, 0.6) is 0 Å². The summed E-state index contributed by atoms with van der Waals surface area (Å²) in [4.78, 5) is 0.353. The topological polar surface area (TPSA) is 64.4 Å². The van der Waals surface area contributed by atoms with Crippen LogP contribution in [0.2, 0.25) is 0 Å². The lowest BCUT2D eigenvalue weighted by Gasteiger charge is -2.31. The molecular formula is C17H23N3O3S. The summed E-state index contributed by atoms with van der Waals surface area (Å²) < 4.78 is 34.5. The Morgan fingerprint density at radius 3 is 2.58 bits per heavy atom. The minimum absolute atomic E-state index is 0.293. The summed E-state index contributed by atoms with van der Waals surface area (Å²) in [5, 5.41) is 4.21. The summed E-state index contributed by atoms with van der Waals surface area (Å²) in [5.74, 6) is 0.374. The maximum absolute atomic E-state index is 13.0. The van der Waals surface area contributed by atoms with Crippen LogP contribution in [0.3, 0.4) is 0 Å². The molecule has 0 amide bonds. The molecule has 1 saturated heterocycles. The minimum Gasteiger partial charge on any atom is -0.380 e. The fraction of sp³-hybridized carbons (Fsp3) is 0.471. The van der Waals surface area contributed by atoms with Gasteiger partial charge < -0.3 is 4.74 Å². The van der Waals surface area contributed by atoms with E-state index in [9.17, 15) is 8.42 Å². The largest absolute Gasteiger partial charge is 0.380 e. The highest BCUT2D eigenvalue weighted by Crippen LogP contribution is 2.31. The van der Waals surface area contributed by atoms with Gasteiger partial charge in [-0.15, -0.1) is 0 Å². The molecule has 0 unspecified atom stereocenters. The van der Waals surface area contributed by atoms with Gasteiger partial charge in [0, 0.05) is 33.4 Å². The average Bonchev–Trinajstić information content (AvgIpc) is 3.02. The van der Waals surface area contributed by atoms with E-state index in [0.717, 1.165) is 12.8 Å². The van der Waals surface area contributed by atoms with E-state index in [4.69, 9.17) is 4.74 Å². The number of hydrogen-bond donors (Lipinski definition) is 0. The van der Waals surface area contributed by atoms with E-state index in [1.54, 1.807) is 34.3 Å². The quantitative estimate of drug-likeness (QED) is 0.829. The van der Waals surface area contributed by atoms with Crippen LogP contribution < -0.4 is 0 Å². The van der Waals surface area contributed by atoms with Crippen LogP contribution in [-0.4, -0.2) is 42.7 Å². The molecule has 1 aliphatic heterocycles. The Morgan fingerprint density at radius 2 is 1.96 bits per heavy atom. The first-order valence-electron chi connectivity index (χ1n) is 8.08. The number of methoxy groups -OCH3 is 1. The van der Waals surface area contributed by atoms with E-state index in [1.807, 2.05) is 25.5 Å². The molecule has 0 saturated carbocycles. The molecule has 1 aromatic heterocycles. The molecule has 3 rings (SSSR count). The van der Waals surface area contributed by atoms with Gasteiger partial charge in [0.2, 0.25) is 10.0 Å². The molecule has 0 bridgehead atoms. The molecule has 6 nitrogen and oxygen atoms in total. The van der Waals surface area contributed by atoms with Crippen LogP contribution in [0.25, 0.3) is 0 Å². The maximum Gasteiger partial charge on any atom is 0.243 e. The third-order valence-corrected chi connectivity index (χ3v) is 6.54. The van der Waals surface area contributed by atoms with E-state index in [-0.39, 0.29) is 0 Å². The zero-order chi connectivity index (χ0) is 17.2. The Morgan fingerprint density at radius 1 is 1.25 bits per heavy atom. The summed E-state index contributed by atoms with van der Waals surface area (Å²) in [6.45, 7) is 1.36. The Bertz CT molecular complexity index is 793. The first-order valence-corrected chi connectivity index (χ1v) is 9.52. The molecule has 1 aromatic carbocycles. The Hall–Kier alpha value is -1.70. The predicted molar refractivity (Wildman–Crippen MR) is 91.1 cm³/mol. The number of piperidine rings is 1. The average molecular weight is 349 g/mol. The summed E-state index contributed by atoms with van der Waals surface area (Å²) in [6.07, 6.45) is 5.53. The molecule has 0 radical (unpaired) electrons. The fourth-order valence-corrected chi connectivity index (χ4v) is 4.93. The van der Waals surface area contributed by atoms with Gasteiger partial charge in [0.1, 0.15) is 0 Å². The van der Waals surface area contributed by atoms with Crippen molar-refractivity contribution in [3.8, 4) is 0 Å². The lowest BCUT2D eigenvalue weighted by molar-refractivity contribution is 0.182. The second-order valence-corrected chi connectivity index (χ2v) is 8.07. The van der Waals surface area contributed by atoms with Crippen molar-refractivity contribution in [2.75, 3.05) is 20.2 Å². The van der Waals surface area contributed by atoms with Gasteiger partial charge in [-0.05, 0) is 36.0 Å². The second-order valence-electron chi connectivity index (χ2n) is 6.17. The number of nitrogens with zero attached hydrogens (tertiary/aromatic N) is 3. The molecule has 0 N–H and O–H groups in total. The molecule has 0 spiro atoms. The van der Waals surface area contributed by atoms with Crippen LogP contribution in [-0.2, 0) is 28.4 Å². The van der Waals surface area contributed by atoms with Crippen molar-refractivity contribution in [1.29, 1.82) is 0 Å². The first kappa shape index (κ1) is 17.1. The lowest BCUT2D eigenvalue weighted by Crippen LogP contribution is -2.38. The number of aryl methyl sites for hydroxylation is 1. The number of aromatic nitrogens is 2. The molecule has 0 atom stereocenters. The summed E-state index contributed by atoms with van der Waals surface area (Å²) in [6, 6.07) is 7.06. The van der Waals surface area contributed by atoms with Gasteiger partial charge in [-0.2, -0.15) is 9.40 Å². The van der Waals surface area contributed by atoms with Gasteiger partial charge in [0.15, 0.2) is 0 Å². The molecule has 24 heavy (non-hydrogen) atoms. The number of sulfonamides is 1. The van der Waals surface area contributed by atoms with E-state index in [0.29, 0.717) is 36.1 Å². The van der Waals surface area contributed by atoms with Gasteiger partial charge in [-0.1, -0.05) is 18.2 Å². The Labute approximate surface area is 143 Å². The fourth-order valence-electron chi connectivity index (χ4n) is 3.25. The van der Waals surface area contributed by atoms with Crippen LogP contribution in [0.15, 0.2) is 41.6 Å². The van der Waals surface area contributed by atoms with Gasteiger partial charge in [0.25, 0.3) is 0 Å². The zero-order valence-corrected chi connectivity index (χ0v) is 14.9. The third-order valence-electron chi connectivity index (χ3n) is 4.54. The van der Waals surface area contributed by atoms with E-state index in [1.165, 1.54) is 5.56 Å². The van der Waals surface area contributed by atoms with Crippen molar-refractivity contribution < 1.29 is 13.2 Å². The number of hydrogen-bond acceptors (Lipinski definition) is 4. The highest BCUT2D eigenvalue weighted by Gasteiger charge is 2.31. The van der Waals surface area contributed by atoms with Crippen molar-refractivity contribution in [3.63, 3.8) is 0 Å². The van der Waals surface area contributed by atoms with Crippen molar-refractivity contribution in [2.24, 2.45) is 7.05 Å². The van der Waals surface area contributed by atoms with Crippen LogP contribution in [0, 0.1) is 0 Å². The van der Waals surface area contributed by atoms with Crippen molar-refractivity contribution >= 4 is 10.0 Å². The smallest absolute Gasteiger partial charge is 0.243 e. The van der Waals surface area contributed by atoms with E-state index < -0.39 is 10.0 Å². The van der Waals surface area contributed by atoms with Crippen LogP contribution in [0.4, 0.5) is 0 Å². The van der Waals surface area contributed by atoms with Gasteiger partial charge in [0.05, 0.1) is 17.7 Å². The lowest BCUT2D eigenvalue weighted by atomic mass is 9.93. The number of ether oxygens (including phenoxy) is 1. The first-order chi connectivity index (χ1) is 11.5. The summed E-state index contributed by atoms with van der Waals surface area (Å²) >= 11 is 0. The van der Waals surface area contributed by atoms with Crippen molar-refractivity contribution in [1.82, 2.24) is 14.1 Å². The molecule has 0 aliphatic carbocycles. The highest BCUT2D eigenvalue weighted by molar-refractivity contribution is 7.89. The monoisotopic (exact) mass is 349 g/mol. The Balaban J connectivity index is 1.76. The predicted octanol–water partition coefficient (Wildman–Crippen LogP) is 2.13. The summed E-state index contributed by atoms with van der Waals surface area (Å²) in [7, 11) is -0.0119. The number of benzene rings is 1. The highest BCUT2D eigenvalue weighted by atomic mass is 32.2. The maximum atomic E-state index is 13.0. The normalized spacial score (nSPS) is 17.2. The Kier molecular flexibility index (Phi) is 5.03. The zero-order valence-electron chi connectivity index (χ0n) is 14.1. The second kappa shape index (κ2) is 7.04. The molecular weight excluding hydrogens is 326 g/mol. The van der Waals surface area contributed by atoms with Crippen molar-refractivity contribution in [2.45, 2.75) is 30.3 Å². The molecule has 7 heteroatoms. The summed E-state index contributed by atoms with van der Waals surface area (Å²) in [5.41, 5.74) is 1.89. The van der Waals surface area contributed by atoms with Crippen LogP contribution in [0.1, 0.15) is 29.9 Å². The molecule has 130 valence electrons. The van der Waals surface area contributed by atoms with Gasteiger partial charge in [-0.3, -0.25) is 4.68 Å². The van der Waals surface area contributed by atoms with E-state index in [2.05, 4.69) is 5.10 Å². The van der Waals surface area contributed by atoms with Crippen LogP contribution >= 0.6 is 0 Å².